The minimum Gasteiger partial charge on any atom is -0.496 e. The van der Waals surface area contributed by atoms with Crippen LogP contribution in [-0.2, 0) is 0 Å². The number of aromatic nitrogens is 1. The van der Waals surface area contributed by atoms with E-state index in [1.165, 1.54) is 19.0 Å². The van der Waals surface area contributed by atoms with Crippen LogP contribution in [0.15, 0.2) is 41.8 Å². The van der Waals surface area contributed by atoms with Crippen LogP contribution in [0.1, 0.15) is 28.8 Å². The van der Waals surface area contributed by atoms with Crippen molar-refractivity contribution in [3.8, 4) is 11.5 Å². The number of carbonyl (C=O) groups is 1. The summed E-state index contributed by atoms with van der Waals surface area (Å²) in [6, 6.07) is 7.19. The summed E-state index contributed by atoms with van der Waals surface area (Å²) in [6.07, 6.45) is 6.99. The monoisotopic (exact) mass is 354 g/mol. The predicted octanol–water partition coefficient (Wildman–Crippen LogP) is 2.46. The summed E-state index contributed by atoms with van der Waals surface area (Å²) in [4.78, 5) is 18.2. The van der Waals surface area contributed by atoms with Crippen molar-refractivity contribution < 1.29 is 14.3 Å². The summed E-state index contributed by atoms with van der Waals surface area (Å²) in [6.45, 7) is 2.02. The van der Waals surface area contributed by atoms with Crippen LogP contribution in [0.4, 0.5) is 5.69 Å². The van der Waals surface area contributed by atoms with E-state index in [2.05, 4.69) is 20.4 Å². The van der Waals surface area contributed by atoms with Gasteiger partial charge >= 0.3 is 0 Å². The largest absolute Gasteiger partial charge is 0.496 e. The molecule has 7 heteroatoms. The molecule has 1 aromatic carbocycles. The molecule has 1 aromatic heterocycles. The molecule has 0 spiro atoms. The fourth-order valence-electron chi connectivity index (χ4n) is 2.93. The Hall–Kier alpha value is -3.09. The maximum absolute atomic E-state index is 12.0. The highest BCUT2D eigenvalue weighted by Gasteiger charge is 2.19. The Morgan fingerprint density at radius 1 is 1.23 bits per heavy atom. The number of methoxy groups -OCH3 is 2. The van der Waals surface area contributed by atoms with Crippen molar-refractivity contribution in [3.05, 3.63) is 47.8 Å². The van der Waals surface area contributed by atoms with E-state index in [1.54, 1.807) is 38.8 Å². The van der Waals surface area contributed by atoms with Gasteiger partial charge in [-0.15, -0.1) is 0 Å². The lowest BCUT2D eigenvalue weighted by molar-refractivity contribution is 0.0954. The molecule has 1 saturated heterocycles. The Bertz CT molecular complexity index is 787. The van der Waals surface area contributed by atoms with Crippen molar-refractivity contribution in [2.24, 2.45) is 5.10 Å². The van der Waals surface area contributed by atoms with Gasteiger partial charge in [-0.1, -0.05) is 0 Å². The van der Waals surface area contributed by atoms with E-state index in [-0.39, 0.29) is 5.91 Å². The maximum atomic E-state index is 12.0. The number of nitrogens with zero attached hydrogens (tertiary/aromatic N) is 3. The van der Waals surface area contributed by atoms with Crippen molar-refractivity contribution in [3.63, 3.8) is 0 Å². The number of pyridine rings is 1. The molecule has 2 heterocycles. The minimum atomic E-state index is -0.325. The molecule has 0 atom stereocenters. The van der Waals surface area contributed by atoms with Crippen LogP contribution in [0.25, 0.3) is 0 Å². The van der Waals surface area contributed by atoms with E-state index in [0.717, 1.165) is 30.1 Å². The molecular weight excluding hydrogens is 332 g/mol. The van der Waals surface area contributed by atoms with Crippen molar-refractivity contribution in [1.29, 1.82) is 0 Å². The number of rotatable bonds is 6. The first-order chi connectivity index (χ1) is 12.7. The number of hydrogen-bond acceptors (Lipinski definition) is 6. The number of hydrogen-bond donors (Lipinski definition) is 1. The molecule has 26 heavy (non-hydrogen) atoms. The van der Waals surface area contributed by atoms with Gasteiger partial charge in [0.2, 0.25) is 0 Å². The Morgan fingerprint density at radius 2 is 2.00 bits per heavy atom. The molecule has 1 aliphatic rings. The van der Waals surface area contributed by atoms with E-state index in [9.17, 15) is 4.79 Å². The van der Waals surface area contributed by atoms with Crippen LogP contribution in [0.2, 0.25) is 0 Å². The molecule has 0 unspecified atom stereocenters. The normalized spacial score (nSPS) is 13.8. The van der Waals surface area contributed by atoms with Gasteiger partial charge in [-0.25, -0.2) is 5.43 Å². The zero-order valence-electron chi connectivity index (χ0n) is 14.9. The van der Waals surface area contributed by atoms with Gasteiger partial charge in [-0.05, 0) is 31.0 Å². The number of benzene rings is 1. The number of anilines is 1. The molecular formula is C19H22N4O3. The zero-order valence-corrected chi connectivity index (χ0v) is 14.9. The summed E-state index contributed by atoms with van der Waals surface area (Å²) in [7, 11) is 3.26. The van der Waals surface area contributed by atoms with Crippen molar-refractivity contribution in [2.75, 3.05) is 32.2 Å². The Morgan fingerprint density at radius 3 is 2.65 bits per heavy atom. The minimum absolute atomic E-state index is 0.325. The third-order valence-electron chi connectivity index (χ3n) is 4.27. The number of ether oxygens (including phenoxy) is 2. The fourth-order valence-corrected chi connectivity index (χ4v) is 2.93. The van der Waals surface area contributed by atoms with Crippen LogP contribution in [-0.4, -0.2) is 44.4 Å². The lowest BCUT2D eigenvalue weighted by Gasteiger charge is -2.22. The third kappa shape index (κ3) is 3.93. The Balaban J connectivity index is 1.79. The van der Waals surface area contributed by atoms with Crippen LogP contribution < -0.4 is 19.8 Å². The highest BCUT2D eigenvalue weighted by molar-refractivity contribution is 5.95. The third-order valence-corrected chi connectivity index (χ3v) is 4.27. The van der Waals surface area contributed by atoms with E-state index in [4.69, 9.17) is 9.47 Å². The fraction of sp³-hybridized carbons (Fsp3) is 0.316. The lowest BCUT2D eigenvalue weighted by Crippen LogP contribution is -2.19. The Labute approximate surface area is 152 Å². The SMILES string of the molecule is COc1cc(N2CCCC2)c(OC)cc1/C=N\NC(=O)c1cccnc1. The highest BCUT2D eigenvalue weighted by atomic mass is 16.5. The zero-order chi connectivity index (χ0) is 18.4. The number of amides is 1. The van der Waals surface area contributed by atoms with E-state index >= 15 is 0 Å². The van der Waals surface area contributed by atoms with Gasteiger partial charge in [0.25, 0.3) is 5.91 Å². The molecule has 0 radical (unpaired) electrons. The molecule has 1 aliphatic heterocycles. The average Bonchev–Trinajstić information content (AvgIpc) is 3.22. The quantitative estimate of drug-likeness (QED) is 0.637. The van der Waals surface area contributed by atoms with Gasteiger partial charge in [0, 0.05) is 37.1 Å². The highest BCUT2D eigenvalue weighted by Crippen LogP contribution is 2.36. The summed E-state index contributed by atoms with van der Waals surface area (Å²) < 4.78 is 11.0. The van der Waals surface area contributed by atoms with Crippen LogP contribution in [0.3, 0.4) is 0 Å². The van der Waals surface area contributed by atoms with Gasteiger partial charge < -0.3 is 14.4 Å². The molecule has 136 valence electrons. The first-order valence-electron chi connectivity index (χ1n) is 8.47. The first kappa shape index (κ1) is 17.7. The molecule has 0 bridgehead atoms. The lowest BCUT2D eigenvalue weighted by atomic mass is 10.1. The molecule has 1 N–H and O–H groups in total. The topological polar surface area (TPSA) is 76.1 Å². The van der Waals surface area contributed by atoms with Crippen molar-refractivity contribution in [1.82, 2.24) is 10.4 Å². The summed E-state index contributed by atoms with van der Waals surface area (Å²) >= 11 is 0. The number of carbonyl (C=O) groups excluding carboxylic acids is 1. The summed E-state index contributed by atoms with van der Waals surface area (Å²) in [5, 5.41) is 4.03. The molecule has 3 rings (SSSR count). The molecule has 0 saturated carbocycles. The second-order valence-electron chi connectivity index (χ2n) is 5.90. The molecule has 1 amide bonds. The van der Waals surface area contributed by atoms with Crippen molar-refractivity contribution in [2.45, 2.75) is 12.8 Å². The number of nitrogens with one attached hydrogen (secondary N) is 1. The van der Waals surface area contributed by atoms with E-state index < -0.39 is 0 Å². The molecule has 7 nitrogen and oxygen atoms in total. The van der Waals surface area contributed by atoms with E-state index in [0.29, 0.717) is 11.3 Å². The predicted molar refractivity (Wildman–Crippen MR) is 100 cm³/mol. The second kappa shape index (κ2) is 8.33. The maximum Gasteiger partial charge on any atom is 0.272 e. The Kier molecular flexibility index (Phi) is 5.68. The van der Waals surface area contributed by atoms with Crippen LogP contribution >= 0.6 is 0 Å². The average molecular weight is 354 g/mol. The second-order valence-corrected chi connectivity index (χ2v) is 5.90. The van der Waals surface area contributed by atoms with Gasteiger partial charge in [0.05, 0.1) is 31.7 Å². The number of hydrazone groups is 1. The van der Waals surface area contributed by atoms with Crippen molar-refractivity contribution >= 4 is 17.8 Å². The van der Waals surface area contributed by atoms with Gasteiger partial charge in [-0.3, -0.25) is 9.78 Å². The van der Waals surface area contributed by atoms with Gasteiger partial charge in [0.15, 0.2) is 0 Å². The first-order valence-corrected chi connectivity index (χ1v) is 8.47. The summed E-state index contributed by atoms with van der Waals surface area (Å²) in [5.74, 6) is 1.11. The molecule has 1 fully saturated rings. The van der Waals surface area contributed by atoms with Gasteiger partial charge in [-0.2, -0.15) is 5.10 Å². The van der Waals surface area contributed by atoms with Gasteiger partial charge in [0.1, 0.15) is 11.5 Å². The molecule has 0 aliphatic carbocycles. The smallest absolute Gasteiger partial charge is 0.272 e. The molecule has 2 aromatic rings. The van der Waals surface area contributed by atoms with Crippen LogP contribution in [0, 0.1) is 0 Å². The van der Waals surface area contributed by atoms with Crippen LogP contribution in [0.5, 0.6) is 11.5 Å². The standard InChI is InChI=1S/C19H22N4O3/c1-25-17-11-16(23-8-3-4-9-23)18(26-2)10-15(17)13-21-22-19(24)14-6-5-7-20-12-14/h5-7,10-13H,3-4,8-9H2,1-2H3,(H,22,24)/b21-13-. The van der Waals surface area contributed by atoms with E-state index in [1.807, 2.05) is 12.1 Å². The summed E-state index contributed by atoms with van der Waals surface area (Å²) in [5.41, 5.74) is 4.67.